The lowest BCUT2D eigenvalue weighted by atomic mass is 10.0. The second kappa shape index (κ2) is 11.1. The summed E-state index contributed by atoms with van der Waals surface area (Å²) in [5, 5.41) is 30.8. The standard InChI is InChI=1S/C28H31N5O4/c1-18(34)17-33-14-11-22(12-15-33)37-21-8-5-19(6-9-21)26-23-16-20(7-10-24(23)31-32-26)27(35)30-28(36)25-4-2-3-13-29-25/h2-10,13,16,18,22,28,34,36H,11-12,14-15,17H2,1H3,(H,30,35)(H,31,32)/t18-,28+/m1/s1. The number of nitrogens with zero attached hydrogens (tertiary/aromatic N) is 3. The number of hydrogen-bond donors (Lipinski definition) is 4. The Hall–Kier alpha value is -3.79. The van der Waals surface area contributed by atoms with Crippen molar-refractivity contribution in [3.8, 4) is 17.0 Å². The molecular weight excluding hydrogens is 470 g/mol. The number of nitrogens with one attached hydrogen (secondary N) is 2. The van der Waals surface area contributed by atoms with E-state index in [2.05, 4.69) is 25.4 Å². The Morgan fingerprint density at radius 3 is 2.62 bits per heavy atom. The molecule has 0 unspecified atom stereocenters. The number of ether oxygens (including phenoxy) is 1. The predicted molar refractivity (Wildman–Crippen MR) is 140 cm³/mol. The van der Waals surface area contributed by atoms with Gasteiger partial charge in [0.05, 0.1) is 23.0 Å². The van der Waals surface area contributed by atoms with Crippen molar-refractivity contribution in [1.29, 1.82) is 0 Å². The summed E-state index contributed by atoms with van der Waals surface area (Å²) in [5.74, 6) is 0.400. The van der Waals surface area contributed by atoms with Gasteiger partial charge in [-0.2, -0.15) is 5.10 Å². The highest BCUT2D eigenvalue weighted by atomic mass is 16.5. The zero-order chi connectivity index (χ0) is 25.8. The summed E-state index contributed by atoms with van der Waals surface area (Å²) in [6, 6.07) is 18.2. The van der Waals surface area contributed by atoms with E-state index in [1.165, 1.54) is 0 Å². The second-order valence-corrected chi connectivity index (χ2v) is 9.45. The average molecular weight is 502 g/mol. The lowest BCUT2D eigenvalue weighted by Crippen LogP contribution is -2.41. The van der Waals surface area contributed by atoms with E-state index >= 15 is 0 Å². The number of pyridine rings is 1. The highest BCUT2D eigenvalue weighted by Crippen LogP contribution is 2.29. The Bertz CT molecular complexity index is 1330. The predicted octanol–water partition coefficient (Wildman–Crippen LogP) is 3.27. The third-order valence-corrected chi connectivity index (χ3v) is 6.55. The molecule has 4 aromatic rings. The first kappa shape index (κ1) is 24.9. The van der Waals surface area contributed by atoms with Gasteiger partial charge in [-0.3, -0.25) is 14.9 Å². The molecule has 2 aromatic heterocycles. The number of likely N-dealkylation sites (tertiary alicyclic amines) is 1. The molecular formula is C28H31N5O4. The molecule has 2 atom stereocenters. The van der Waals surface area contributed by atoms with Crippen molar-refractivity contribution in [2.45, 2.75) is 38.2 Å². The summed E-state index contributed by atoms with van der Waals surface area (Å²) >= 11 is 0. The summed E-state index contributed by atoms with van der Waals surface area (Å²) in [6.45, 7) is 4.35. The Balaban J connectivity index is 1.26. The number of piperidine rings is 1. The monoisotopic (exact) mass is 501 g/mol. The molecule has 37 heavy (non-hydrogen) atoms. The van der Waals surface area contributed by atoms with E-state index in [4.69, 9.17) is 4.74 Å². The van der Waals surface area contributed by atoms with Gasteiger partial charge in [0.1, 0.15) is 11.9 Å². The van der Waals surface area contributed by atoms with Crippen molar-refractivity contribution in [1.82, 2.24) is 25.4 Å². The Labute approximate surface area is 215 Å². The Kier molecular flexibility index (Phi) is 7.45. The molecule has 0 aliphatic carbocycles. The molecule has 1 aliphatic rings. The molecule has 1 fully saturated rings. The minimum absolute atomic E-state index is 0.157. The van der Waals surface area contributed by atoms with Crippen LogP contribution in [0.1, 0.15) is 42.0 Å². The van der Waals surface area contributed by atoms with Crippen LogP contribution in [-0.2, 0) is 0 Å². The number of carbonyl (C=O) groups excluding carboxylic acids is 1. The van der Waals surface area contributed by atoms with Gasteiger partial charge in [0, 0.05) is 42.3 Å². The molecule has 192 valence electrons. The lowest BCUT2D eigenvalue weighted by molar-refractivity contribution is 0.0673. The number of H-pyrrole nitrogens is 1. The van der Waals surface area contributed by atoms with Gasteiger partial charge in [0.25, 0.3) is 5.91 Å². The molecule has 1 aliphatic heterocycles. The van der Waals surface area contributed by atoms with Crippen LogP contribution in [0.5, 0.6) is 5.75 Å². The molecule has 0 bridgehead atoms. The number of β-amino-alcohol motifs (C(OH)–C–C–N with tert-alkyl or cyclic N) is 1. The van der Waals surface area contributed by atoms with Crippen LogP contribution in [0.2, 0.25) is 0 Å². The van der Waals surface area contributed by atoms with Crippen molar-refractivity contribution in [3.05, 3.63) is 78.1 Å². The summed E-state index contributed by atoms with van der Waals surface area (Å²) < 4.78 is 6.19. The molecule has 0 saturated carbocycles. The fourth-order valence-corrected chi connectivity index (χ4v) is 4.66. The van der Waals surface area contributed by atoms with Gasteiger partial charge in [0.15, 0.2) is 6.23 Å². The molecule has 9 heteroatoms. The maximum absolute atomic E-state index is 12.8. The summed E-state index contributed by atoms with van der Waals surface area (Å²) in [5.41, 5.74) is 3.21. The van der Waals surface area contributed by atoms with E-state index in [-0.39, 0.29) is 12.2 Å². The first-order chi connectivity index (χ1) is 18.0. The average Bonchev–Trinajstić information content (AvgIpc) is 3.34. The number of amides is 1. The van der Waals surface area contributed by atoms with Crippen LogP contribution in [0.3, 0.4) is 0 Å². The molecule has 3 heterocycles. The number of aliphatic hydroxyl groups is 2. The van der Waals surface area contributed by atoms with E-state index in [0.717, 1.165) is 53.8 Å². The number of benzene rings is 2. The zero-order valence-electron chi connectivity index (χ0n) is 20.7. The van der Waals surface area contributed by atoms with E-state index in [1.807, 2.05) is 31.2 Å². The van der Waals surface area contributed by atoms with Crippen LogP contribution in [0.4, 0.5) is 0 Å². The van der Waals surface area contributed by atoms with Gasteiger partial charge >= 0.3 is 0 Å². The lowest BCUT2D eigenvalue weighted by Gasteiger charge is -2.32. The maximum Gasteiger partial charge on any atom is 0.253 e. The van der Waals surface area contributed by atoms with Crippen LogP contribution in [-0.4, -0.2) is 68.0 Å². The molecule has 9 nitrogen and oxygen atoms in total. The quantitative estimate of drug-likeness (QED) is 0.273. The normalized spacial score (nSPS) is 16.4. The third-order valence-electron chi connectivity index (χ3n) is 6.55. The molecule has 4 N–H and O–H groups in total. The van der Waals surface area contributed by atoms with Crippen molar-refractivity contribution >= 4 is 16.8 Å². The number of aromatic nitrogens is 3. The fourth-order valence-electron chi connectivity index (χ4n) is 4.66. The van der Waals surface area contributed by atoms with Crippen LogP contribution in [0.25, 0.3) is 22.2 Å². The molecule has 1 amide bonds. The molecule has 0 spiro atoms. The summed E-state index contributed by atoms with van der Waals surface area (Å²) in [4.78, 5) is 19.1. The van der Waals surface area contributed by atoms with Crippen LogP contribution < -0.4 is 10.1 Å². The SMILES string of the molecule is C[C@@H](O)CN1CCC(Oc2ccc(-c3n[nH]c4ccc(C(=O)N[C@@H](O)c5ccccn5)cc34)cc2)CC1. The van der Waals surface area contributed by atoms with Crippen molar-refractivity contribution < 1.29 is 19.7 Å². The molecule has 0 radical (unpaired) electrons. The third kappa shape index (κ3) is 5.96. The minimum atomic E-state index is -1.20. The van der Waals surface area contributed by atoms with Crippen molar-refractivity contribution in [2.24, 2.45) is 0 Å². The van der Waals surface area contributed by atoms with Gasteiger partial charge < -0.3 is 25.2 Å². The highest BCUT2D eigenvalue weighted by Gasteiger charge is 2.21. The van der Waals surface area contributed by atoms with E-state index in [9.17, 15) is 15.0 Å². The summed E-state index contributed by atoms with van der Waals surface area (Å²) in [6.07, 6.45) is 2.06. The molecule has 2 aromatic carbocycles. The number of aliphatic hydroxyl groups excluding tert-OH is 2. The van der Waals surface area contributed by atoms with Crippen molar-refractivity contribution in [3.63, 3.8) is 0 Å². The highest BCUT2D eigenvalue weighted by molar-refractivity contribution is 6.01. The van der Waals surface area contributed by atoms with Gasteiger partial charge in [-0.15, -0.1) is 0 Å². The first-order valence-electron chi connectivity index (χ1n) is 12.5. The Morgan fingerprint density at radius 1 is 1.14 bits per heavy atom. The largest absolute Gasteiger partial charge is 0.490 e. The summed E-state index contributed by atoms with van der Waals surface area (Å²) in [7, 11) is 0. The van der Waals surface area contributed by atoms with E-state index < -0.39 is 12.1 Å². The van der Waals surface area contributed by atoms with Crippen LogP contribution in [0.15, 0.2) is 66.9 Å². The maximum atomic E-state index is 12.8. The van der Waals surface area contributed by atoms with Gasteiger partial charge in [0.2, 0.25) is 0 Å². The number of aromatic amines is 1. The van der Waals surface area contributed by atoms with Gasteiger partial charge in [-0.05, 0) is 74.4 Å². The van der Waals surface area contributed by atoms with E-state index in [1.54, 1.807) is 42.6 Å². The topological polar surface area (TPSA) is 124 Å². The first-order valence-corrected chi connectivity index (χ1v) is 12.5. The smallest absolute Gasteiger partial charge is 0.253 e. The van der Waals surface area contributed by atoms with Crippen LogP contribution in [0, 0.1) is 0 Å². The fraction of sp³-hybridized carbons (Fsp3) is 0.321. The van der Waals surface area contributed by atoms with Gasteiger partial charge in [-0.1, -0.05) is 6.07 Å². The minimum Gasteiger partial charge on any atom is -0.490 e. The number of hydrogen-bond acceptors (Lipinski definition) is 7. The second-order valence-electron chi connectivity index (χ2n) is 9.45. The van der Waals surface area contributed by atoms with Crippen LogP contribution >= 0.6 is 0 Å². The number of rotatable bonds is 8. The Morgan fingerprint density at radius 2 is 1.92 bits per heavy atom. The van der Waals surface area contributed by atoms with E-state index in [0.29, 0.717) is 17.8 Å². The molecule has 1 saturated heterocycles. The number of carbonyl (C=O) groups is 1. The van der Waals surface area contributed by atoms with Crippen molar-refractivity contribution in [2.75, 3.05) is 19.6 Å². The number of fused-ring (bicyclic) bond motifs is 1. The molecule has 5 rings (SSSR count). The van der Waals surface area contributed by atoms with Gasteiger partial charge in [-0.25, -0.2) is 0 Å². The zero-order valence-corrected chi connectivity index (χ0v) is 20.7.